The van der Waals surface area contributed by atoms with Crippen LogP contribution in [0.4, 0.5) is 5.95 Å². The maximum absolute atomic E-state index is 12.3. The molecular weight excluding hydrogens is 422 g/mol. The Morgan fingerprint density at radius 1 is 1.24 bits per heavy atom. The number of nitrogens with two attached hydrogens (primary N) is 1. The summed E-state index contributed by atoms with van der Waals surface area (Å²) in [6.45, 7) is -0.481. The van der Waals surface area contributed by atoms with E-state index in [0.29, 0.717) is 15.9 Å². The van der Waals surface area contributed by atoms with Crippen molar-refractivity contribution in [1.29, 1.82) is 0 Å². The Hall–Kier alpha value is -2.15. The number of anilines is 1. The predicted octanol–water partition coefficient (Wildman–Crippen LogP) is 0.259. The Labute approximate surface area is 173 Å². The van der Waals surface area contributed by atoms with Gasteiger partial charge in [-0.15, -0.1) is 0 Å². The van der Waals surface area contributed by atoms with Gasteiger partial charge in [-0.3, -0.25) is 14.3 Å². The predicted molar refractivity (Wildman–Crippen MR) is 107 cm³/mol. The molecule has 4 rings (SSSR count). The van der Waals surface area contributed by atoms with Gasteiger partial charge in [0.1, 0.15) is 18.3 Å². The van der Waals surface area contributed by atoms with Crippen molar-refractivity contribution in [2.24, 2.45) is 0 Å². The summed E-state index contributed by atoms with van der Waals surface area (Å²) in [6, 6.07) is 7.24. The summed E-state index contributed by atoms with van der Waals surface area (Å²) in [5, 5.41) is 30.9. The quantitative estimate of drug-likeness (QED) is 0.351. The highest BCUT2D eigenvalue weighted by atomic mass is 35.5. The minimum absolute atomic E-state index is 0.0237. The molecular formula is C17H18ClN5O5S. The molecule has 0 radical (unpaired) electrons. The molecule has 12 heteroatoms. The summed E-state index contributed by atoms with van der Waals surface area (Å²) in [5.41, 5.74) is 6.23. The molecule has 1 aliphatic rings. The van der Waals surface area contributed by atoms with E-state index >= 15 is 0 Å². The van der Waals surface area contributed by atoms with Gasteiger partial charge in [0.25, 0.3) is 5.56 Å². The second kappa shape index (κ2) is 7.94. The number of nitrogens with one attached hydrogen (secondary N) is 1. The number of imidazole rings is 1. The minimum Gasteiger partial charge on any atom is -0.394 e. The molecule has 3 heterocycles. The lowest BCUT2D eigenvalue weighted by atomic mass is 10.1. The summed E-state index contributed by atoms with van der Waals surface area (Å²) >= 11 is 7.20. The highest BCUT2D eigenvalue weighted by Gasteiger charge is 2.45. The zero-order valence-electron chi connectivity index (χ0n) is 14.9. The van der Waals surface area contributed by atoms with Gasteiger partial charge in [0.05, 0.1) is 6.61 Å². The topological polar surface area (TPSA) is 160 Å². The SMILES string of the molecule is Nc1nc2c(nc(SCc3ccc(Cl)cc3)n2[C@H]2O[C@@H](CO)[C@H](O)[C@@H]2O)c(=O)[nH]1. The number of halogens is 1. The Morgan fingerprint density at radius 2 is 1.97 bits per heavy atom. The van der Waals surface area contributed by atoms with Crippen molar-refractivity contribution in [3.05, 3.63) is 45.2 Å². The molecule has 6 N–H and O–H groups in total. The molecule has 29 heavy (non-hydrogen) atoms. The molecule has 154 valence electrons. The van der Waals surface area contributed by atoms with Gasteiger partial charge in [0.15, 0.2) is 22.5 Å². The fraction of sp³-hybridized carbons (Fsp3) is 0.353. The third-order valence-corrected chi connectivity index (χ3v) is 5.87. The van der Waals surface area contributed by atoms with E-state index in [-0.39, 0.29) is 17.1 Å². The molecule has 0 aliphatic carbocycles. The molecule has 0 unspecified atom stereocenters. The lowest BCUT2D eigenvalue weighted by molar-refractivity contribution is -0.0548. The van der Waals surface area contributed by atoms with Crippen LogP contribution in [0.5, 0.6) is 0 Å². The molecule has 1 fully saturated rings. The van der Waals surface area contributed by atoms with Crippen molar-refractivity contribution in [2.75, 3.05) is 12.3 Å². The Balaban J connectivity index is 1.77. The van der Waals surface area contributed by atoms with Crippen LogP contribution in [0.15, 0.2) is 34.2 Å². The molecule has 0 saturated carbocycles. The molecule has 10 nitrogen and oxygen atoms in total. The van der Waals surface area contributed by atoms with Gasteiger partial charge in [0.2, 0.25) is 5.95 Å². The van der Waals surface area contributed by atoms with Gasteiger partial charge in [-0.05, 0) is 17.7 Å². The first-order chi connectivity index (χ1) is 13.9. The van der Waals surface area contributed by atoms with Gasteiger partial charge < -0.3 is 25.8 Å². The van der Waals surface area contributed by atoms with Crippen molar-refractivity contribution in [2.45, 2.75) is 35.4 Å². The lowest BCUT2D eigenvalue weighted by Gasteiger charge is -2.19. The number of hydrogen-bond acceptors (Lipinski definition) is 9. The third-order valence-electron chi connectivity index (χ3n) is 4.59. The van der Waals surface area contributed by atoms with Crippen LogP contribution >= 0.6 is 23.4 Å². The van der Waals surface area contributed by atoms with Gasteiger partial charge in [-0.2, -0.15) is 4.98 Å². The second-order valence-corrected chi connectivity index (χ2v) is 7.91. The number of rotatable bonds is 5. The number of aromatic nitrogens is 4. The average molecular weight is 440 g/mol. The zero-order chi connectivity index (χ0) is 20.7. The van der Waals surface area contributed by atoms with Crippen molar-refractivity contribution >= 4 is 40.5 Å². The molecule has 0 amide bonds. The van der Waals surface area contributed by atoms with E-state index in [2.05, 4.69) is 15.0 Å². The molecule has 4 atom stereocenters. The normalized spacial score (nSPS) is 24.4. The first kappa shape index (κ1) is 20.1. The number of hydrogen-bond donors (Lipinski definition) is 5. The van der Waals surface area contributed by atoms with E-state index in [1.165, 1.54) is 16.3 Å². The number of aromatic amines is 1. The summed E-state index contributed by atoms with van der Waals surface area (Å²) < 4.78 is 7.05. The van der Waals surface area contributed by atoms with Gasteiger partial charge >= 0.3 is 0 Å². The number of H-pyrrole nitrogens is 1. The fourth-order valence-electron chi connectivity index (χ4n) is 3.13. The smallest absolute Gasteiger partial charge is 0.280 e. The van der Waals surface area contributed by atoms with Crippen LogP contribution in [-0.2, 0) is 10.5 Å². The highest BCUT2D eigenvalue weighted by molar-refractivity contribution is 7.98. The zero-order valence-corrected chi connectivity index (χ0v) is 16.5. The van der Waals surface area contributed by atoms with Gasteiger partial charge in [0, 0.05) is 10.8 Å². The Kier molecular flexibility index (Phi) is 5.51. The molecule has 1 aliphatic heterocycles. The Morgan fingerprint density at radius 3 is 2.62 bits per heavy atom. The molecule has 0 bridgehead atoms. The summed E-state index contributed by atoms with van der Waals surface area (Å²) in [6.07, 6.45) is -4.76. The van der Waals surface area contributed by atoms with Gasteiger partial charge in [-0.25, -0.2) is 4.98 Å². The van der Waals surface area contributed by atoms with E-state index in [1.807, 2.05) is 12.1 Å². The summed E-state index contributed by atoms with van der Waals surface area (Å²) in [4.78, 5) is 23.2. The molecule has 1 aromatic carbocycles. The maximum atomic E-state index is 12.3. The standard InChI is InChI=1S/C17H18ClN5O5S/c18-8-3-1-7(2-4-8)6-29-17-20-10-13(21-16(19)22-14(10)27)23(17)15-12(26)11(25)9(5-24)28-15/h1-4,9,11-12,15,24-26H,5-6H2,(H3,19,21,22,27)/t9-,11-,12-,15-/m0/s1. The van der Waals surface area contributed by atoms with Crippen molar-refractivity contribution in [3.63, 3.8) is 0 Å². The number of ether oxygens (including phenoxy) is 1. The van der Waals surface area contributed by atoms with E-state index in [1.54, 1.807) is 12.1 Å². The number of nitrogens with zero attached hydrogens (tertiary/aromatic N) is 3. The molecule has 1 saturated heterocycles. The number of aliphatic hydroxyl groups excluding tert-OH is 3. The monoisotopic (exact) mass is 439 g/mol. The van der Waals surface area contributed by atoms with E-state index in [9.17, 15) is 20.1 Å². The van der Waals surface area contributed by atoms with Crippen molar-refractivity contribution in [3.8, 4) is 0 Å². The van der Waals surface area contributed by atoms with Crippen LogP contribution < -0.4 is 11.3 Å². The van der Waals surface area contributed by atoms with Crippen LogP contribution in [0.1, 0.15) is 11.8 Å². The lowest BCUT2D eigenvalue weighted by Crippen LogP contribution is -2.33. The molecule has 0 spiro atoms. The molecule has 2 aromatic heterocycles. The number of fused-ring (bicyclic) bond motifs is 1. The average Bonchev–Trinajstić information content (AvgIpc) is 3.19. The summed E-state index contributed by atoms with van der Waals surface area (Å²) in [7, 11) is 0. The number of aliphatic hydroxyl groups is 3. The first-order valence-corrected chi connectivity index (χ1v) is 10.0. The largest absolute Gasteiger partial charge is 0.394 e. The third kappa shape index (κ3) is 3.72. The number of benzene rings is 1. The first-order valence-electron chi connectivity index (χ1n) is 8.66. The Bertz CT molecular complexity index is 1090. The van der Waals surface area contributed by atoms with Crippen molar-refractivity contribution < 1.29 is 20.1 Å². The minimum atomic E-state index is -1.36. The fourth-order valence-corrected chi connectivity index (χ4v) is 4.23. The number of thioether (sulfide) groups is 1. The number of nitrogen functional groups attached to an aromatic ring is 1. The summed E-state index contributed by atoms with van der Waals surface area (Å²) in [5.74, 6) is 0.368. The van der Waals surface area contributed by atoms with Crippen LogP contribution in [-0.4, -0.2) is 59.8 Å². The van der Waals surface area contributed by atoms with E-state index in [0.717, 1.165) is 5.56 Å². The van der Waals surface area contributed by atoms with Crippen LogP contribution in [0, 0.1) is 0 Å². The highest BCUT2D eigenvalue weighted by Crippen LogP contribution is 2.36. The molecule has 3 aromatic rings. The van der Waals surface area contributed by atoms with Crippen LogP contribution in [0.25, 0.3) is 11.2 Å². The van der Waals surface area contributed by atoms with Crippen LogP contribution in [0.3, 0.4) is 0 Å². The second-order valence-electron chi connectivity index (χ2n) is 6.53. The van der Waals surface area contributed by atoms with E-state index < -0.39 is 36.7 Å². The van der Waals surface area contributed by atoms with E-state index in [4.69, 9.17) is 22.1 Å². The van der Waals surface area contributed by atoms with Crippen molar-refractivity contribution in [1.82, 2.24) is 19.5 Å². The van der Waals surface area contributed by atoms with Gasteiger partial charge in [-0.1, -0.05) is 35.5 Å². The maximum Gasteiger partial charge on any atom is 0.280 e. The van der Waals surface area contributed by atoms with Crippen LogP contribution in [0.2, 0.25) is 5.02 Å².